The van der Waals surface area contributed by atoms with Crippen LogP contribution in [-0.4, -0.2) is 35.3 Å². The summed E-state index contributed by atoms with van der Waals surface area (Å²) in [4.78, 5) is 46.4. The van der Waals surface area contributed by atoms with Gasteiger partial charge in [-0.25, -0.2) is 14.6 Å². The first kappa shape index (κ1) is 30.4. The predicted octanol–water partition coefficient (Wildman–Crippen LogP) is 6.59. The van der Waals surface area contributed by atoms with Gasteiger partial charge in [-0.05, 0) is 49.9 Å². The lowest BCUT2D eigenvalue weighted by Crippen LogP contribution is -2.33. The maximum absolute atomic E-state index is 13.3. The molecule has 0 aromatic carbocycles. The Morgan fingerprint density at radius 1 is 1.24 bits per heavy atom. The summed E-state index contributed by atoms with van der Waals surface area (Å²) in [5, 5.41) is 11.7. The van der Waals surface area contributed by atoms with E-state index in [-0.39, 0.29) is 17.2 Å². The van der Waals surface area contributed by atoms with Crippen LogP contribution in [0.5, 0.6) is 5.75 Å². The summed E-state index contributed by atoms with van der Waals surface area (Å²) in [5.41, 5.74) is -1.59. The summed E-state index contributed by atoms with van der Waals surface area (Å²) in [6.07, 6.45) is 7.25. The number of hydrogen-bond acceptors (Lipinski definition) is 8. The normalized spacial score (nSPS) is 13.7. The highest BCUT2D eigenvalue weighted by Gasteiger charge is 2.36. The highest BCUT2D eigenvalue weighted by atomic mass is 32.1. The number of aryl methyl sites for hydroxylation is 1. The van der Waals surface area contributed by atoms with Gasteiger partial charge in [0.1, 0.15) is 17.1 Å². The molecule has 37 heavy (non-hydrogen) atoms. The van der Waals surface area contributed by atoms with Gasteiger partial charge >= 0.3 is 11.7 Å². The average Bonchev–Trinajstić information content (AvgIpc) is 3.27. The Kier molecular flexibility index (Phi) is 11.2. The monoisotopic (exact) mass is 532 g/mol. The molecule has 8 nitrogen and oxygen atoms in total. The van der Waals surface area contributed by atoms with Crippen LogP contribution in [-0.2, 0) is 17.6 Å². The number of unbranched alkanes of at least 4 members (excludes halogenated alkanes) is 1. The molecule has 1 N–H and O–H groups in total. The number of Topliss-reactive ketones (excluding diaryl/α,β-unsaturated/α-hetero) is 1. The van der Waals surface area contributed by atoms with Crippen molar-refractivity contribution in [2.24, 2.45) is 22.2 Å². The zero-order valence-electron chi connectivity index (χ0n) is 23.0. The topological polar surface area (TPSA) is 119 Å². The van der Waals surface area contributed by atoms with Crippen molar-refractivity contribution in [2.45, 2.75) is 86.0 Å². The lowest BCUT2D eigenvalue weighted by molar-refractivity contribution is 0.0812. The zero-order chi connectivity index (χ0) is 27.8. The van der Waals surface area contributed by atoms with Crippen molar-refractivity contribution in [3.8, 4) is 5.75 Å². The second-order valence-corrected chi connectivity index (χ2v) is 11.9. The molecule has 0 bridgehead atoms. The Morgan fingerprint density at radius 2 is 1.95 bits per heavy atom. The van der Waals surface area contributed by atoms with E-state index in [4.69, 9.17) is 4.42 Å². The smallest absolute Gasteiger partial charge is 0.432 e. The van der Waals surface area contributed by atoms with E-state index in [0.717, 1.165) is 22.7 Å². The Bertz CT molecular complexity index is 1150. The fraction of sp³-hybridized carbons (Fsp3) is 0.607. The number of aromatic hydroxyl groups is 1. The number of thiazole rings is 1. The minimum absolute atomic E-state index is 0.167. The van der Waals surface area contributed by atoms with Gasteiger partial charge in [-0.15, -0.1) is 11.3 Å². The van der Waals surface area contributed by atoms with Crippen LogP contribution in [0.25, 0.3) is 0 Å². The third-order valence-electron chi connectivity index (χ3n) is 6.76. The molecule has 2 heterocycles. The van der Waals surface area contributed by atoms with E-state index >= 15 is 0 Å². The molecule has 2 aromatic rings. The second kappa shape index (κ2) is 13.7. The van der Waals surface area contributed by atoms with Crippen LogP contribution in [0.4, 0.5) is 4.79 Å². The number of amides is 1. The van der Waals surface area contributed by atoms with Crippen LogP contribution < -0.4 is 5.63 Å². The van der Waals surface area contributed by atoms with E-state index in [2.05, 4.69) is 28.6 Å². The lowest BCUT2D eigenvalue weighted by Gasteiger charge is -2.30. The molecule has 2 rings (SSSR count). The summed E-state index contributed by atoms with van der Waals surface area (Å²) < 4.78 is 9.91. The zero-order valence-corrected chi connectivity index (χ0v) is 23.8. The Balaban J connectivity index is 2.07. The SMILES string of the molecule is COC(=O)N=CCCCC(C)c1cc(O)c(C(=O)C(C)C(C)(C)Cc2cnc(CCC(C)C)s2)c(=O)o1. The summed E-state index contributed by atoms with van der Waals surface area (Å²) >= 11 is 1.67. The number of aliphatic imine (C=N–C) groups is 1. The number of ketones is 1. The van der Waals surface area contributed by atoms with Crippen molar-refractivity contribution in [3.63, 3.8) is 0 Å². The largest absolute Gasteiger partial charge is 0.507 e. The molecule has 0 aliphatic rings. The second-order valence-electron chi connectivity index (χ2n) is 10.7. The fourth-order valence-corrected chi connectivity index (χ4v) is 5.13. The summed E-state index contributed by atoms with van der Waals surface area (Å²) in [5.74, 6) is -0.554. The van der Waals surface area contributed by atoms with Crippen LogP contribution in [0.3, 0.4) is 0 Å². The van der Waals surface area contributed by atoms with Gasteiger partial charge < -0.3 is 14.3 Å². The maximum Gasteiger partial charge on any atom is 0.432 e. The number of carbonyl (C=O) groups excluding carboxylic acids is 2. The van der Waals surface area contributed by atoms with Crippen LogP contribution >= 0.6 is 11.3 Å². The first-order valence-corrected chi connectivity index (χ1v) is 13.6. The quantitative estimate of drug-likeness (QED) is 0.176. The summed E-state index contributed by atoms with van der Waals surface area (Å²) in [6, 6.07) is 1.37. The van der Waals surface area contributed by atoms with Crippen molar-refractivity contribution in [1.29, 1.82) is 0 Å². The van der Waals surface area contributed by atoms with E-state index < -0.39 is 28.8 Å². The molecule has 204 valence electrons. The van der Waals surface area contributed by atoms with Gasteiger partial charge in [0, 0.05) is 35.2 Å². The minimum Gasteiger partial charge on any atom is -0.507 e. The van der Waals surface area contributed by atoms with Gasteiger partial charge in [0.2, 0.25) is 0 Å². The van der Waals surface area contributed by atoms with Gasteiger partial charge in [0.25, 0.3) is 0 Å². The first-order chi connectivity index (χ1) is 17.4. The van der Waals surface area contributed by atoms with Gasteiger partial charge in [-0.2, -0.15) is 4.99 Å². The molecule has 2 unspecified atom stereocenters. The molecule has 0 spiro atoms. The van der Waals surface area contributed by atoms with Crippen molar-refractivity contribution in [2.75, 3.05) is 7.11 Å². The van der Waals surface area contributed by atoms with Gasteiger partial charge in [-0.3, -0.25) is 4.79 Å². The minimum atomic E-state index is -0.824. The number of ether oxygens (including phenoxy) is 1. The Labute approximate surface area is 223 Å². The molecule has 0 saturated carbocycles. The van der Waals surface area contributed by atoms with E-state index in [0.29, 0.717) is 37.4 Å². The fourth-order valence-electron chi connectivity index (χ4n) is 3.95. The van der Waals surface area contributed by atoms with Gasteiger partial charge in [-0.1, -0.05) is 41.5 Å². The average molecular weight is 533 g/mol. The first-order valence-electron chi connectivity index (χ1n) is 12.8. The van der Waals surface area contributed by atoms with Crippen LogP contribution in [0.15, 0.2) is 26.5 Å². The molecule has 2 atom stereocenters. The van der Waals surface area contributed by atoms with E-state index in [9.17, 15) is 19.5 Å². The summed E-state index contributed by atoms with van der Waals surface area (Å²) in [6.45, 7) is 12.0. The number of aromatic nitrogens is 1. The van der Waals surface area contributed by atoms with E-state index in [1.807, 2.05) is 27.0 Å². The molecule has 2 aromatic heterocycles. The molecule has 0 aliphatic heterocycles. The molecule has 0 aliphatic carbocycles. The van der Waals surface area contributed by atoms with Crippen molar-refractivity contribution in [3.05, 3.63) is 43.9 Å². The molecule has 1 amide bonds. The molecule has 0 radical (unpaired) electrons. The van der Waals surface area contributed by atoms with Crippen molar-refractivity contribution >= 4 is 29.4 Å². The number of carbonyl (C=O) groups is 2. The third-order valence-corrected chi connectivity index (χ3v) is 7.81. The van der Waals surface area contributed by atoms with Crippen LogP contribution in [0.1, 0.15) is 99.1 Å². The van der Waals surface area contributed by atoms with E-state index in [1.54, 1.807) is 18.3 Å². The molecule has 0 saturated heterocycles. The third kappa shape index (κ3) is 8.91. The number of rotatable bonds is 13. The number of hydrogen-bond donors (Lipinski definition) is 1. The maximum atomic E-state index is 13.3. The van der Waals surface area contributed by atoms with Crippen LogP contribution in [0.2, 0.25) is 0 Å². The van der Waals surface area contributed by atoms with Crippen molar-refractivity contribution in [1.82, 2.24) is 4.98 Å². The summed E-state index contributed by atoms with van der Waals surface area (Å²) in [7, 11) is 1.26. The van der Waals surface area contributed by atoms with Crippen LogP contribution in [0, 0.1) is 17.3 Å². The Hall–Kier alpha value is -2.81. The van der Waals surface area contributed by atoms with Gasteiger partial charge in [0.05, 0.1) is 12.1 Å². The molecular formula is C28H40N2O6S. The molecule has 9 heteroatoms. The highest BCUT2D eigenvalue weighted by Crippen LogP contribution is 2.36. The standard InChI is InChI=1S/C28H40N2O6S/c1-17(2)11-12-23-30-16-20(37-23)15-28(5,6)19(4)25(32)24-21(31)14-22(36-26(24)33)18(3)10-8-9-13-29-27(34)35-7/h13-14,16-19,31H,8-12,15H2,1-7H3. The van der Waals surface area contributed by atoms with E-state index in [1.165, 1.54) is 19.4 Å². The van der Waals surface area contributed by atoms with Gasteiger partial charge in [0.15, 0.2) is 5.78 Å². The lowest BCUT2D eigenvalue weighted by atomic mass is 9.73. The predicted molar refractivity (Wildman–Crippen MR) is 146 cm³/mol. The number of nitrogens with zero attached hydrogens (tertiary/aromatic N) is 2. The molecule has 0 fully saturated rings. The number of methoxy groups -OCH3 is 1. The molecular weight excluding hydrogens is 492 g/mol. The highest BCUT2D eigenvalue weighted by molar-refractivity contribution is 7.11. The Morgan fingerprint density at radius 3 is 2.57 bits per heavy atom. The van der Waals surface area contributed by atoms with Crippen molar-refractivity contribution < 1.29 is 23.8 Å².